The van der Waals surface area contributed by atoms with E-state index in [2.05, 4.69) is 15.3 Å². The summed E-state index contributed by atoms with van der Waals surface area (Å²) in [5.74, 6) is 0.801. The minimum atomic E-state index is -1.01. The molecule has 242 valence electrons. The van der Waals surface area contributed by atoms with E-state index in [4.69, 9.17) is 19.4 Å². The molecule has 0 atom stereocenters. The third-order valence-corrected chi connectivity index (χ3v) is 8.90. The number of hydrogen-bond acceptors (Lipinski definition) is 5. The predicted molar refractivity (Wildman–Crippen MR) is 194 cm³/mol. The molecule has 0 unspecified atom stereocenters. The predicted octanol–water partition coefficient (Wildman–Crippen LogP) is 8.90. The molecule has 0 saturated carbocycles. The number of hydrogen-bond donors (Lipinski definition) is 0. The second-order valence-corrected chi connectivity index (χ2v) is 12.0. The molecule has 49 heavy (non-hydrogen) atoms. The van der Waals surface area contributed by atoms with Crippen molar-refractivity contribution in [3.05, 3.63) is 178 Å². The molecule has 2 heterocycles. The molecule has 0 aliphatic carbocycles. The molecule has 7 aromatic rings. The summed E-state index contributed by atoms with van der Waals surface area (Å²) in [5.41, 5.74) is 3.00. The Morgan fingerprint density at radius 3 is 1.88 bits per heavy atom. The quantitative estimate of drug-likeness (QED) is 0.0961. The standard InChI is InChI=1S/C41H35ClN6O/c1-2-3-23-38-43-39(42)37(29-49)47(38)28-30-24-26-31(27-25-30)35-21-13-14-22-36(35)40-44-46-48(45-40)41(32-15-7-4-8-16-32,33-17-9-5-10-18-33)34-19-11-6-12-20-34/h4-22,24-27,29H,2-3,23,28H2,1H3/i24D,25D,26D,27D. The fourth-order valence-electron chi connectivity index (χ4n) is 6.25. The van der Waals surface area contributed by atoms with Gasteiger partial charge in [0.05, 0.1) is 5.48 Å². The van der Waals surface area contributed by atoms with Gasteiger partial charge in [0.15, 0.2) is 17.0 Å². The Labute approximate surface area is 296 Å². The van der Waals surface area contributed by atoms with Gasteiger partial charge in [0.25, 0.3) is 0 Å². The van der Waals surface area contributed by atoms with Crippen LogP contribution in [-0.4, -0.2) is 36.0 Å². The fraction of sp³-hybridized carbons (Fsp3) is 0.146. The summed E-state index contributed by atoms with van der Waals surface area (Å²) in [6.45, 7) is 1.94. The van der Waals surface area contributed by atoms with Crippen LogP contribution in [0.1, 0.15) is 63.8 Å². The number of carbonyl (C=O) groups is 1. The van der Waals surface area contributed by atoms with Crippen molar-refractivity contribution < 1.29 is 10.3 Å². The Hall–Kier alpha value is -5.66. The number of aryl methyl sites for hydroxylation is 1. The van der Waals surface area contributed by atoms with Gasteiger partial charge in [-0.05, 0) is 45.0 Å². The third kappa shape index (κ3) is 6.09. The molecule has 2 aromatic heterocycles. The molecule has 0 aliphatic rings. The summed E-state index contributed by atoms with van der Waals surface area (Å²) < 4.78 is 38.1. The zero-order valence-electron chi connectivity index (χ0n) is 30.8. The van der Waals surface area contributed by atoms with Gasteiger partial charge in [0.2, 0.25) is 5.82 Å². The molecule has 0 N–H and O–H groups in total. The molecule has 0 radical (unpaired) electrons. The van der Waals surface area contributed by atoms with E-state index >= 15 is 0 Å². The largest absolute Gasteiger partial charge is 0.320 e. The van der Waals surface area contributed by atoms with Crippen molar-refractivity contribution in [2.45, 2.75) is 38.3 Å². The van der Waals surface area contributed by atoms with Crippen molar-refractivity contribution in [1.82, 2.24) is 29.8 Å². The number of halogens is 1. The molecular formula is C41H35ClN6O. The molecule has 7 nitrogen and oxygen atoms in total. The van der Waals surface area contributed by atoms with Crippen LogP contribution < -0.4 is 0 Å². The van der Waals surface area contributed by atoms with Gasteiger partial charge in [-0.1, -0.05) is 164 Å². The first-order valence-corrected chi connectivity index (χ1v) is 16.5. The second-order valence-electron chi connectivity index (χ2n) is 11.6. The van der Waals surface area contributed by atoms with E-state index in [1.165, 1.54) is 0 Å². The molecule has 7 rings (SSSR count). The first kappa shape index (κ1) is 27.3. The van der Waals surface area contributed by atoms with Gasteiger partial charge in [0, 0.05) is 18.5 Å². The number of aromatic nitrogens is 6. The number of tetrazole rings is 1. The molecule has 0 amide bonds. The van der Waals surface area contributed by atoms with Crippen LogP contribution in [0.25, 0.3) is 22.5 Å². The molecule has 0 bridgehead atoms. The number of aldehydes is 1. The van der Waals surface area contributed by atoms with Crippen LogP contribution in [0.4, 0.5) is 0 Å². The van der Waals surface area contributed by atoms with Crippen molar-refractivity contribution in [2.24, 2.45) is 0 Å². The van der Waals surface area contributed by atoms with Gasteiger partial charge < -0.3 is 4.57 Å². The second kappa shape index (κ2) is 14.2. The monoisotopic (exact) mass is 666 g/mol. The number of benzene rings is 5. The Kier molecular flexibility index (Phi) is 7.92. The maximum absolute atomic E-state index is 12.0. The van der Waals surface area contributed by atoms with Gasteiger partial charge in [-0.25, -0.2) is 4.98 Å². The van der Waals surface area contributed by atoms with Crippen LogP contribution in [0, 0.1) is 0 Å². The number of imidazole rings is 1. The zero-order valence-corrected chi connectivity index (χ0v) is 27.6. The Morgan fingerprint density at radius 2 is 1.33 bits per heavy atom. The lowest BCUT2D eigenvalue weighted by molar-refractivity contribution is 0.111. The number of unbranched alkanes of at least 4 members (excludes halogenated alkanes) is 1. The summed E-state index contributed by atoms with van der Waals surface area (Å²) in [7, 11) is 0. The maximum atomic E-state index is 12.0. The summed E-state index contributed by atoms with van der Waals surface area (Å²) in [4.78, 5) is 18.0. The minimum Gasteiger partial charge on any atom is -0.320 e. The van der Waals surface area contributed by atoms with E-state index in [1.807, 2.05) is 104 Å². The molecular weight excluding hydrogens is 628 g/mol. The lowest BCUT2D eigenvalue weighted by Crippen LogP contribution is -2.39. The highest BCUT2D eigenvalue weighted by atomic mass is 35.5. The number of nitrogens with zero attached hydrogens (tertiary/aromatic N) is 6. The van der Waals surface area contributed by atoms with Crippen molar-refractivity contribution in [1.29, 1.82) is 0 Å². The SMILES string of the molecule is [2H]c1c([2H])c(-c2ccccc2-c2nnn(C(c3ccccc3)(c3ccccc3)c3ccccc3)n2)c([2H])c([2H])c1Cn1c(CCCC)nc(Cl)c1C=O. The van der Waals surface area contributed by atoms with Gasteiger partial charge in [-0.15, -0.1) is 15.0 Å². The zero-order chi connectivity index (χ0) is 37.1. The van der Waals surface area contributed by atoms with Crippen LogP contribution in [0.2, 0.25) is 5.15 Å². The first-order valence-electron chi connectivity index (χ1n) is 18.2. The van der Waals surface area contributed by atoms with Crippen LogP contribution in [-0.2, 0) is 18.5 Å². The Balaban J connectivity index is 1.37. The summed E-state index contributed by atoms with van der Waals surface area (Å²) in [5, 5.41) is 14.3. The topological polar surface area (TPSA) is 78.5 Å². The normalized spacial score (nSPS) is 12.6. The smallest absolute Gasteiger partial charge is 0.205 e. The van der Waals surface area contributed by atoms with E-state index in [0.717, 1.165) is 29.5 Å². The van der Waals surface area contributed by atoms with Crippen molar-refractivity contribution in [3.63, 3.8) is 0 Å². The Morgan fingerprint density at radius 1 is 0.776 bits per heavy atom. The lowest BCUT2D eigenvalue weighted by Gasteiger charge is -2.34. The minimum absolute atomic E-state index is 0.0447. The van der Waals surface area contributed by atoms with Gasteiger partial charge in [-0.2, -0.15) is 0 Å². The van der Waals surface area contributed by atoms with E-state index < -0.39 is 5.54 Å². The van der Waals surface area contributed by atoms with Crippen LogP contribution >= 0.6 is 11.6 Å². The summed E-state index contributed by atoms with van der Waals surface area (Å²) in [6.07, 6.45) is 2.85. The molecule has 0 saturated heterocycles. The number of carbonyl (C=O) groups excluding carboxylic acids is 1. The van der Waals surface area contributed by atoms with Crippen LogP contribution in [0.5, 0.6) is 0 Å². The van der Waals surface area contributed by atoms with Crippen molar-refractivity contribution in [3.8, 4) is 22.5 Å². The van der Waals surface area contributed by atoms with Gasteiger partial charge in [0.1, 0.15) is 11.5 Å². The molecule has 8 heteroatoms. The molecule has 5 aromatic carbocycles. The molecule has 0 aliphatic heterocycles. The van der Waals surface area contributed by atoms with E-state index in [-0.39, 0.29) is 58.5 Å². The first-order chi connectivity index (χ1) is 25.8. The van der Waals surface area contributed by atoms with Crippen LogP contribution in [0.15, 0.2) is 139 Å². The fourth-order valence-corrected chi connectivity index (χ4v) is 6.49. The highest BCUT2D eigenvalue weighted by Gasteiger charge is 2.41. The average molecular weight is 667 g/mol. The maximum Gasteiger partial charge on any atom is 0.205 e. The number of rotatable bonds is 12. The third-order valence-electron chi connectivity index (χ3n) is 8.63. The van der Waals surface area contributed by atoms with Gasteiger partial charge in [-0.3, -0.25) is 4.79 Å². The van der Waals surface area contributed by atoms with Crippen molar-refractivity contribution >= 4 is 17.9 Å². The highest BCUT2D eigenvalue weighted by molar-refractivity contribution is 6.31. The summed E-state index contributed by atoms with van der Waals surface area (Å²) >= 11 is 6.30. The van der Waals surface area contributed by atoms with Gasteiger partial charge >= 0.3 is 0 Å². The van der Waals surface area contributed by atoms with Crippen LogP contribution in [0.3, 0.4) is 0 Å². The molecule has 0 fully saturated rings. The van der Waals surface area contributed by atoms with E-state index in [1.54, 1.807) is 27.6 Å². The lowest BCUT2D eigenvalue weighted by atomic mass is 9.77. The summed E-state index contributed by atoms with van der Waals surface area (Å²) in [6, 6.07) is 36.1. The van der Waals surface area contributed by atoms with E-state index in [0.29, 0.717) is 29.7 Å². The van der Waals surface area contributed by atoms with E-state index in [9.17, 15) is 7.54 Å². The van der Waals surface area contributed by atoms with Crippen molar-refractivity contribution in [2.75, 3.05) is 0 Å². The molecule has 0 spiro atoms. The average Bonchev–Trinajstić information content (AvgIpc) is 3.81. The highest BCUT2D eigenvalue weighted by Crippen LogP contribution is 2.40. The Bertz CT molecular complexity index is 2280.